The van der Waals surface area contributed by atoms with Gasteiger partial charge in [-0.25, -0.2) is 4.99 Å². The minimum absolute atomic E-state index is 0.198. The minimum atomic E-state index is -0.198. The number of hydrogen-bond donors (Lipinski definition) is 8. The third kappa shape index (κ3) is 11.8. The van der Waals surface area contributed by atoms with Crippen molar-refractivity contribution < 1.29 is 4.79 Å². The van der Waals surface area contributed by atoms with Crippen LogP contribution in [0.1, 0.15) is 46.7 Å². The number of rotatable bonds is 10. The Hall–Kier alpha value is -6.66. The van der Waals surface area contributed by atoms with E-state index in [2.05, 4.69) is 57.3 Å². The summed E-state index contributed by atoms with van der Waals surface area (Å²) in [4.78, 5) is 23.8. The topological polar surface area (TPSA) is 236 Å². The number of fused-ring (bicyclic) bond motifs is 1. The molecule has 62 heavy (non-hydrogen) atoms. The van der Waals surface area contributed by atoms with Crippen LogP contribution in [0, 0.1) is 17.7 Å². The molecule has 8 rings (SSSR count). The number of nitrogens with one attached hydrogen (secondary N) is 6. The lowest BCUT2D eigenvalue weighted by molar-refractivity contribution is 0.0950. The second-order valence-corrected chi connectivity index (χ2v) is 15.8. The molecule has 10 N–H and O–H groups in total. The Kier molecular flexibility index (Phi) is 15.7. The molecule has 1 saturated heterocycles. The number of hydrogen-bond acceptors (Lipinski definition) is 14. The maximum Gasteiger partial charge on any atom is 0.251 e. The number of aliphatic imine (C=N–C) groups is 1. The van der Waals surface area contributed by atoms with Gasteiger partial charge in [-0.2, -0.15) is 5.10 Å². The molecular formula is C44H47ClN14OS2. The van der Waals surface area contributed by atoms with Gasteiger partial charge in [0.15, 0.2) is 5.17 Å². The minimum Gasteiger partial charge on any atom is -0.398 e. The van der Waals surface area contributed by atoms with Crippen molar-refractivity contribution in [1.82, 2.24) is 36.0 Å². The third-order valence-corrected chi connectivity index (χ3v) is 11.3. The predicted molar refractivity (Wildman–Crippen MR) is 257 cm³/mol. The fourth-order valence-corrected chi connectivity index (χ4v) is 7.83. The van der Waals surface area contributed by atoms with Crippen LogP contribution in [0.25, 0.3) is 21.5 Å². The lowest BCUT2D eigenvalue weighted by atomic mass is 10.1. The Bertz CT molecular complexity index is 2690. The highest BCUT2D eigenvalue weighted by molar-refractivity contribution is 8.26. The van der Waals surface area contributed by atoms with Crippen LogP contribution in [0.4, 0.5) is 27.9 Å². The molecular weight excluding hydrogens is 840 g/mol. The van der Waals surface area contributed by atoms with Gasteiger partial charge in [0.2, 0.25) is 5.13 Å². The number of aromatic nitrogens is 5. The molecule has 3 aromatic heterocycles. The number of pyridine rings is 1. The summed E-state index contributed by atoms with van der Waals surface area (Å²) in [6.07, 6.45) is 2.86. The number of carbonyl (C=O) groups is 1. The van der Waals surface area contributed by atoms with E-state index in [0.717, 1.165) is 77.2 Å². The number of nitrogens with two attached hydrogens (primary N) is 2. The number of H-pyrrole nitrogens is 1. The van der Waals surface area contributed by atoms with Gasteiger partial charge >= 0.3 is 0 Å². The molecule has 0 saturated carbocycles. The van der Waals surface area contributed by atoms with E-state index in [1.165, 1.54) is 23.1 Å². The van der Waals surface area contributed by atoms with Crippen LogP contribution in [0.2, 0.25) is 5.02 Å². The second-order valence-electron chi connectivity index (χ2n) is 13.5. The largest absolute Gasteiger partial charge is 0.398 e. The summed E-state index contributed by atoms with van der Waals surface area (Å²) in [5.74, 6) is -0.198. The van der Waals surface area contributed by atoms with E-state index in [0.29, 0.717) is 54.4 Å². The van der Waals surface area contributed by atoms with Crippen molar-refractivity contribution in [3.63, 3.8) is 0 Å². The fourth-order valence-electron chi connectivity index (χ4n) is 6.20. The summed E-state index contributed by atoms with van der Waals surface area (Å²) < 4.78 is 0. The molecule has 0 bridgehead atoms. The molecule has 0 aliphatic carbocycles. The van der Waals surface area contributed by atoms with E-state index in [1.807, 2.05) is 81.4 Å². The molecule has 0 spiro atoms. The Morgan fingerprint density at radius 2 is 1.77 bits per heavy atom. The summed E-state index contributed by atoms with van der Waals surface area (Å²) in [6, 6.07) is 30.0. The van der Waals surface area contributed by atoms with E-state index < -0.39 is 0 Å². The average Bonchev–Trinajstić information content (AvgIpc) is 3.98. The van der Waals surface area contributed by atoms with Gasteiger partial charge in [-0.1, -0.05) is 67.1 Å². The molecule has 0 unspecified atom stereocenters. The van der Waals surface area contributed by atoms with Crippen LogP contribution in [-0.4, -0.2) is 73.9 Å². The number of halogens is 1. The zero-order valence-electron chi connectivity index (χ0n) is 34.4. The van der Waals surface area contributed by atoms with Gasteiger partial charge in [0.25, 0.3) is 5.91 Å². The molecule has 15 nitrogen and oxygen atoms in total. The SMILES string of the molecule is CC.Cc1cccc(CNC(=O)c2cccc(-c3nnc(Nc4ccc(N)c(C=N)c4Cl)s3)c2)n1.N=C(SC(N)=Nc1ccc2[nH]ncc2c1)c1cccc(N2CCNCC2)c1. The van der Waals surface area contributed by atoms with Crippen molar-refractivity contribution in [3.8, 4) is 10.6 Å². The number of nitrogen functional groups attached to an aromatic ring is 1. The number of thioether (sulfide) groups is 1. The Labute approximate surface area is 372 Å². The van der Waals surface area contributed by atoms with Crippen LogP contribution in [0.15, 0.2) is 108 Å². The van der Waals surface area contributed by atoms with E-state index in [9.17, 15) is 4.79 Å². The maximum absolute atomic E-state index is 12.6. The standard InChI is InChI=1S/C23H20ClN7OS.C19H21N7S.C2H6/c1-13-4-2-7-16(28-13)12-27-21(32)14-5-3-6-15(10-14)22-30-31-23(33-22)29-19-9-8-18(26)17(11-25)20(19)24;20-18(13-2-1-3-16(11-13)26-8-6-22-7-9-26)27-19(21)24-15-4-5-17-14(10-15)12-23-25-17;1-2/h2-11,25H,12,26H2,1H3,(H,27,32)(H,29,31);1-5,10-12,20,22H,6-9H2,(H2,21,24)(H,23,25);1-2H3. The zero-order valence-corrected chi connectivity index (χ0v) is 36.8. The van der Waals surface area contributed by atoms with Crippen molar-refractivity contribution in [2.45, 2.75) is 27.3 Å². The number of anilines is 4. The Morgan fingerprint density at radius 1 is 1.00 bits per heavy atom. The number of amidine groups is 1. The molecule has 1 aliphatic rings. The van der Waals surface area contributed by atoms with Gasteiger partial charge < -0.3 is 37.7 Å². The summed E-state index contributed by atoms with van der Waals surface area (Å²) in [6.45, 7) is 10.2. The van der Waals surface area contributed by atoms with Gasteiger partial charge in [0.1, 0.15) is 10.1 Å². The normalized spacial score (nSPS) is 12.4. The molecule has 1 fully saturated rings. The molecule has 7 aromatic rings. The van der Waals surface area contributed by atoms with Crippen molar-refractivity contribution in [1.29, 1.82) is 10.8 Å². The summed E-state index contributed by atoms with van der Waals surface area (Å²) in [5.41, 5.74) is 20.0. The first-order chi connectivity index (χ1) is 30.1. The van der Waals surface area contributed by atoms with Crippen LogP contribution >= 0.6 is 34.7 Å². The van der Waals surface area contributed by atoms with Crippen LogP contribution in [-0.2, 0) is 6.54 Å². The molecule has 4 heterocycles. The highest BCUT2D eigenvalue weighted by atomic mass is 35.5. The maximum atomic E-state index is 12.6. The van der Waals surface area contributed by atoms with Crippen LogP contribution in [0.3, 0.4) is 0 Å². The highest BCUT2D eigenvalue weighted by Crippen LogP contribution is 2.34. The molecule has 1 amide bonds. The van der Waals surface area contributed by atoms with Crippen molar-refractivity contribution >= 4 is 95.8 Å². The fraction of sp³-hybridized carbons (Fsp3) is 0.182. The zero-order chi connectivity index (χ0) is 44.0. The van der Waals surface area contributed by atoms with Crippen molar-refractivity contribution in [3.05, 3.63) is 136 Å². The molecule has 318 valence electrons. The number of benzene rings is 4. The molecule has 1 aliphatic heterocycles. The number of amides is 1. The molecule has 4 aromatic carbocycles. The first-order valence-electron chi connectivity index (χ1n) is 19.7. The van der Waals surface area contributed by atoms with Crippen LogP contribution in [0.5, 0.6) is 0 Å². The predicted octanol–water partition coefficient (Wildman–Crippen LogP) is 8.52. The van der Waals surface area contributed by atoms with Crippen molar-refractivity contribution in [2.24, 2.45) is 10.7 Å². The van der Waals surface area contributed by atoms with Gasteiger partial charge in [0, 0.05) is 77.1 Å². The van der Waals surface area contributed by atoms with Gasteiger partial charge in [-0.15, -0.1) is 10.2 Å². The Morgan fingerprint density at radius 3 is 2.56 bits per heavy atom. The third-order valence-electron chi connectivity index (χ3n) is 9.23. The van der Waals surface area contributed by atoms with E-state index in [1.54, 1.807) is 36.5 Å². The number of aromatic amines is 1. The van der Waals surface area contributed by atoms with Gasteiger partial charge in [-0.05, 0) is 85.4 Å². The summed E-state index contributed by atoms with van der Waals surface area (Å²) in [5, 5.41) is 43.8. The van der Waals surface area contributed by atoms with Crippen LogP contribution < -0.4 is 32.3 Å². The van der Waals surface area contributed by atoms with E-state index in [-0.39, 0.29) is 5.91 Å². The average molecular weight is 888 g/mol. The highest BCUT2D eigenvalue weighted by Gasteiger charge is 2.15. The second kappa shape index (κ2) is 21.7. The van der Waals surface area contributed by atoms with E-state index >= 15 is 0 Å². The summed E-state index contributed by atoms with van der Waals surface area (Å²) >= 11 is 8.82. The number of nitrogens with zero attached hydrogens (tertiary/aromatic N) is 6. The smallest absolute Gasteiger partial charge is 0.251 e. The van der Waals surface area contributed by atoms with E-state index in [4.69, 9.17) is 33.9 Å². The number of piperazine rings is 1. The van der Waals surface area contributed by atoms with Crippen molar-refractivity contribution in [2.75, 3.05) is 42.1 Å². The Balaban J connectivity index is 0.000000202. The number of carbonyl (C=O) groups excluding carboxylic acids is 1. The first kappa shape index (κ1) is 44.9. The molecule has 18 heteroatoms. The number of aryl methyl sites for hydroxylation is 1. The first-order valence-corrected chi connectivity index (χ1v) is 21.7. The lowest BCUT2D eigenvalue weighted by Gasteiger charge is -2.29. The monoisotopic (exact) mass is 886 g/mol. The molecule has 0 radical (unpaired) electrons. The quantitative estimate of drug-likeness (QED) is 0.0368. The van der Waals surface area contributed by atoms with Gasteiger partial charge in [0.05, 0.1) is 40.3 Å². The van der Waals surface area contributed by atoms with Gasteiger partial charge in [-0.3, -0.25) is 20.3 Å². The summed E-state index contributed by atoms with van der Waals surface area (Å²) in [7, 11) is 0. The molecule has 0 atom stereocenters. The lowest BCUT2D eigenvalue weighted by Crippen LogP contribution is -2.43.